The molecule has 0 fully saturated rings. The van der Waals surface area contributed by atoms with Crippen molar-refractivity contribution in [2.45, 2.75) is 12.8 Å². The quantitative estimate of drug-likeness (QED) is 0.621. The third-order valence-electron chi connectivity index (χ3n) is 3.25. The molecule has 2 aromatic heterocycles. The molecule has 0 aliphatic rings. The SMILES string of the molecule is Nc1cnc2ccccc2c1NCCCc1ncc[nH]1. The van der Waals surface area contributed by atoms with Crippen LogP contribution in [-0.4, -0.2) is 21.5 Å². The average Bonchev–Trinajstić information content (AvgIpc) is 2.98. The molecular weight excluding hydrogens is 250 g/mol. The number of H-pyrrole nitrogens is 1. The molecule has 0 aliphatic carbocycles. The molecule has 3 rings (SSSR count). The Labute approximate surface area is 117 Å². The zero-order valence-corrected chi connectivity index (χ0v) is 11.1. The fraction of sp³-hybridized carbons (Fsp3) is 0.200. The first-order valence-corrected chi connectivity index (χ1v) is 6.70. The number of aryl methyl sites for hydroxylation is 1. The Bertz CT molecular complexity index is 691. The van der Waals surface area contributed by atoms with Gasteiger partial charge in [0.15, 0.2) is 0 Å². The van der Waals surface area contributed by atoms with Crippen molar-refractivity contribution < 1.29 is 0 Å². The first-order valence-electron chi connectivity index (χ1n) is 6.70. The molecule has 102 valence electrons. The zero-order chi connectivity index (χ0) is 13.8. The monoisotopic (exact) mass is 267 g/mol. The number of fused-ring (bicyclic) bond motifs is 1. The number of aromatic amines is 1. The summed E-state index contributed by atoms with van der Waals surface area (Å²) in [6, 6.07) is 8.00. The third kappa shape index (κ3) is 2.56. The Morgan fingerprint density at radius 1 is 1.20 bits per heavy atom. The van der Waals surface area contributed by atoms with Crippen molar-refractivity contribution >= 4 is 22.3 Å². The molecule has 1 aromatic carbocycles. The molecule has 0 saturated heterocycles. The fourth-order valence-corrected chi connectivity index (χ4v) is 2.26. The molecule has 0 atom stereocenters. The van der Waals surface area contributed by atoms with Gasteiger partial charge in [0.1, 0.15) is 5.82 Å². The van der Waals surface area contributed by atoms with Crippen LogP contribution in [0.15, 0.2) is 42.9 Å². The van der Waals surface area contributed by atoms with E-state index in [1.165, 1.54) is 0 Å². The van der Waals surface area contributed by atoms with E-state index in [1.54, 1.807) is 12.4 Å². The van der Waals surface area contributed by atoms with Gasteiger partial charge in [-0.3, -0.25) is 4.98 Å². The smallest absolute Gasteiger partial charge is 0.106 e. The second-order valence-corrected chi connectivity index (χ2v) is 4.67. The van der Waals surface area contributed by atoms with E-state index < -0.39 is 0 Å². The number of nitrogens with two attached hydrogens (primary N) is 1. The van der Waals surface area contributed by atoms with Crippen molar-refractivity contribution in [2.75, 3.05) is 17.6 Å². The number of nitrogens with one attached hydrogen (secondary N) is 2. The van der Waals surface area contributed by atoms with Crippen molar-refractivity contribution in [2.24, 2.45) is 0 Å². The number of pyridine rings is 1. The van der Waals surface area contributed by atoms with Crippen LogP contribution in [-0.2, 0) is 6.42 Å². The van der Waals surface area contributed by atoms with Crippen LogP contribution in [0.3, 0.4) is 0 Å². The Morgan fingerprint density at radius 2 is 2.10 bits per heavy atom. The van der Waals surface area contributed by atoms with Gasteiger partial charge in [0.05, 0.1) is 23.1 Å². The van der Waals surface area contributed by atoms with Crippen molar-refractivity contribution in [3.8, 4) is 0 Å². The number of aromatic nitrogens is 3. The Morgan fingerprint density at radius 3 is 2.95 bits per heavy atom. The summed E-state index contributed by atoms with van der Waals surface area (Å²) in [6.07, 6.45) is 7.23. The minimum atomic E-state index is 0.682. The molecule has 4 N–H and O–H groups in total. The summed E-state index contributed by atoms with van der Waals surface area (Å²) in [5, 5.41) is 4.47. The second kappa shape index (κ2) is 5.61. The van der Waals surface area contributed by atoms with Gasteiger partial charge >= 0.3 is 0 Å². The lowest BCUT2D eigenvalue weighted by molar-refractivity contribution is 0.817. The van der Waals surface area contributed by atoms with E-state index in [2.05, 4.69) is 20.3 Å². The summed E-state index contributed by atoms with van der Waals surface area (Å²) >= 11 is 0. The zero-order valence-electron chi connectivity index (χ0n) is 11.1. The highest BCUT2D eigenvalue weighted by molar-refractivity contribution is 5.96. The van der Waals surface area contributed by atoms with Crippen LogP contribution in [0.25, 0.3) is 10.9 Å². The van der Waals surface area contributed by atoms with Gasteiger partial charge in [0.2, 0.25) is 0 Å². The van der Waals surface area contributed by atoms with Gasteiger partial charge in [-0.15, -0.1) is 0 Å². The number of nitrogen functional groups attached to an aromatic ring is 1. The van der Waals surface area contributed by atoms with Crippen molar-refractivity contribution in [3.63, 3.8) is 0 Å². The molecule has 5 heteroatoms. The number of anilines is 2. The molecule has 0 spiro atoms. The van der Waals surface area contributed by atoms with Crippen molar-refractivity contribution in [3.05, 3.63) is 48.7 Å². The van der Waals surface area contributed by atoms with Crippen molar-refractivity contribution in [1.82, 2.24) is 15.0 Å². The van der Waals surface area contributed by atoms with Gasteiger partial charge in [0.25, 0.3) is 0 Å². The van der Waals surface area contributed by atoms with Crippen LogP contribution >= 0.6 is 0 Å². The number of nitrogens with zero attached hydrogens (tertiary/aromatic N) is 2. The number of benzene rings is 1. The van der Waals surface area contributed by atoms with Gasteiger partial charge in [-0.25, -0.2) is 4.98 Å². The fourth-order valence-electron chi connectivity index (χ4n) is 2.26. The first kappa shape index (κ1) is 12.5. The minimum absolute atomic E-state index is 0.682. The summed E-state index contributed by atoms with van der Waals surface area (Å²) in [6.45, 7) is 0.846. The van der Waals surface area contributed by atoms with Crippen LogP contribution in [0, 0.1) is 0 Å². The molecule has 0 saturated carbocycles. The average molecular weight is 267 g/mol. The van der Waals surface area contributed by atoms with E-state index in [1.807, 2.05) is 30.5 Å². The predicted octanol–water partition coefficient (Wildman–Crippen LogP) is 2.58. The summed E-state index contributed by atoms with van der Waals surface area (Å²) in [5.74, 6) is 1.01. The maximum atomic E-state index is 6.02. The number of rotatable bonds is 5. The molecule has 5 nitrogen and oxygen atoms in total. The molecule has 0 bridgehead atoms. The Kier molecular flexibility index (Phi) is 3.50. The lowest BCUT2D eigenvalue weighted by Gasteiger charge is -2.11. The Balaban J connectivity index is 1.69. The Hall–Kier alpha value is -2.56. The van der Waals surface area contributed by atoms with E-state index in [9.17, 15) is 0 Å². The third-order valence-corrected chi connectivity index (χ3v) is 3.25. The van der Waals surface area contributed by atoms with Crippen LogP contribution in [0.2, 0.25) is 0 Å². The number of imidazole rings is 1. The molecular formula is C15H17N5. The van der Waals surface area contributed by atoms with E-state index in [0.717, 1.165) is 41.8 Å². The molecule has 2 heterocycles. The maximum Gasteiger partial charge on any atom is 0.106 e. The highest BCUT2D eigenvalue weighted by Gasteiger charge is 2.05. The summed E-state index contributed by atoms with van der Waals surface area (Å²) in [4.78, 5) is 11.6. The topological polar surface area (TPSA) is 79.6 Å². The molecule has 3 aromatic rings. The molecule has 0 unspecified atom stereocenters. The standard InChI is InChI=1S/C15H17N5/c16-12-10-20-13-5-2-1-4-11(13)15(12)19-7-3-6-14-17-8-9-18-14/h1-2,4-5,8-10H,3,6-7,16H2,(H,17,18)(H,19,20). The molecule has 0 aliphatic heterocycles. The summed E-state index contributed by atoms with van der Waals surface area (Å²) in [5.41, 5.74) is 8.62. The van der Waals surface area contributed by atoms with E-state index in [4.69, 9.17) is 5.73 Å². The maximum absolute atomic E-state index is 6.02. The van der Waals surface area contributed by atoms with Crippen LogP contribution in [0.1, 0.15) is 12.2 Å². The van der Waals surface area contributed by atoms with Gasteiger partial charge < -0.3 is 16.0 Å². The van der Waals surface area contributed by atoms with Crippen LogP contribution < -0.4 is 11.1 Å². The lowest BCUT2D eigenvalue weighted by Crippen LogP contribution is -2.07. The molecule has 0 amide bonds. The number of hydrogen-bond acceptors (Lipinski definition) is 4. The number of hydrogen-bond donors (Lipinski definition) is 3. The number of para-hydroxylation sites is 1. The molecule has 0 radical (unpaired) electrons. The van der Waals surface area contributed by atoms with E-state index in [0.29, 0.717) is 5.69 Å². The largest absolute Gasteiger partial charge is 0.396 e. The van der Waals surface area contributed by atoms with Crippen LogP contribution in [0.4, 0.5) is 11.4 Å². The normalized spacial score (nSPS) is 10.8. The predicted molar refractivity (Wildman–Crippen MR) is 81.6 cm³/mol. The second-order valence-electron chi connectivity index (χ2n) is 4.67. The van der Waals surface area contributed by atoms with Gasteiger partial charge in [-0.05, 0) is 12.5 Å². The lowest BCUT2D eigenvalue weighted by atomic mass is 10.1. The molecule has 20 heavy (non-hydrogen) atoms. The van der Waals surface area contributed by atoms with Gasteiger partial charge in [-0.1, -0.05) is 18.2 Å². The first-order chi connectivity index (χ1) is 9.84. The highest BCUT2D eigenvalue weighted by Crippen LogP contribution is 2.27. The highest BCUT2D eigenvalue weighted by atomic mass is 14.9. The van der Waals surface area contributed by atoms with Gasteiger partial charge in [-0.2, -0.15) is 0 Å². The summed E-state index contributed by atoms with van der Waals surface area (Å²) < 4.78 is 0. The van der Waals surface area contributed by atoms with E-state index in [-0.39, 0.29) is 0 Å². The summed E-state index contributed by atoms with van der Waals surface area (Å²) in [7, 11) is 0. The minimum Gasteiger partial charge on any atom is -0.396 e. The van der Waals surface area contributed by atoms with Gasteiger partial charge in [0, 0.05) is 30.7 Å². The van der Waals surface area contributed by atoms with Crippen molar-refractivity contribution in [1.29, 1.82) is 0 Å². The van der Waals surface area contributed by atoms with E-state index >= 15 is 0 Å². The van der Waals surface area contributed by atoms with Crippen LogP contribution in [0.5, 0.6) is 0 Å².